The second-order valence-electron chi connectivity index (χ2n) is 7.47. The first-order chi connectivity index (χ1) is 9.27. The molecule has 2 aliphatic carbocycles. The van der Waals surface area contributed by atoms with Crippen molar-refractivity contribution in [3.8, 4) is 0 Å². The van der Waals surface area contributed by atoms with Crippen LogP contribution >= 0.6 is 0 Å². The van der Waals surface area contributed by atoms with Crippen molar-refractivity contribution < 1.29 is 5.11 Å². The van der Waals surface area contributed by atoms with Gasteiger partial charge in [-0.2, -0.15) is 0 Å². The van der Waals surface area contributed by atoms with Crippen molar-refractivity contribution in [1.29, 1.82) is 0 Å². The Labute approximate surface area is 118 Å². The zero-order valence-corrected chi connectivity index (χ0v) is 12.4. The fraction of sp³-hybridized carbons (Fsp3) is 1.00. The van der Waals surface area contributed by atoms with Crippen molar-refractivity contribution >= 4 is 0 Å². The van der Waals surface area contributed by atoms with Crippen LogP contribution in [0.3, 0.4) is 0 Å². The Morgan fingerprint density at radius 1 is 0.842 bits per heavy atom. The maximum Gasteiger partial charge on any atom is 0.0580 e. The van der Waals surface area contributed by atoms with Crippen LogP contribution in [0.1, 0.15) is 70.6 Å². The molecule has 2 nitrogen and oxygen atoms in total. The van der Waals surface area contributed by atoms with Gasteiger partial charge in [0.1, 0.15) is 0 Å². The molecule has 2 saturated carbocycles. The van der Waals surface area contributed by atoms with Gasteiger partial charge in [-0.25, -0.2) is 0 Å². The fourth-order valence-electron chi connectivity index (χ4n) is 4.74. The lowest BCUT2D eigenvalue weighted by molar-refractivity contribution is 0.0173. The Hall–Kier alpha value is -0.0800. The van der Waals surface area contributed by atoms with Crippen LogP contribution in [0.4, 0.5) is 0 Å². The topological polar surface area (TPSA) is 23.5 Å². The molecule has 19 heavy (non-hydrogen) atoms. The molecule has 2 atom stereocenters. The molecule has 2 heteroatoms. The molecule has 110 valence electrons. The van der Waals surface area contributed by atoms with Crippen LogP contribution in [-0.4, -0.2) is 35.7 Å². The Balaban J connectivity index is 1.47. The minimum absolute atomic E-state index is 0.0145. The van der Waals surface area contributed by atoms with Gasteiger partial charge in [0.2, 0.25) is 0 Å². The van der Waals surface area contributed by atoms with Gasteiger partial charge in [-0.15, -0.1) is 0 Å². The van der Waals surface area contributed by atoms with Crippen molar-refractivity contribution in [3.05, 3.63) is 0 Å². The number of aliphatic hydroxyl groups excluding tert-OH is 1. The third-order valence-corrected chi connectivity index (χ3v) is 6.19. The highest BCUT2D eigenvalue weighted by atomic mass is 16.3. The summed E-state index contributed by atoms with van der Waals surface area (Å²) >= 11 is 0. The SMILES string of the molecule is OC1CCCCC1CN1CCC2(CCCCC2)CC1. The Bertz CT molecular complexity index is 275. The largest absolute Gasteiger partial charge is 0.393 e. The predicted molar refractivity (Wildman–Crippen MR) is 79.2 cm³/mol. The van der Waals surface area contributed by atoms with Gasteiger partial charge in [-0.1, -0.05) is 32.1 Å². The summed E-state index contributed by atoms with van der Waals surface area (Å²) in [6.07, 6.45) is 15.1. The second kappa shape index (κ2) is 6.13. The first-order valence-electron chi connectivity index (χ1n) is 8.68. The molecule has 1 heterocycles. The van der Waals surface area contributed by atoms with Crippen molar-refractivity contribution in [2.24, 2.45) is 11.3 Å². The van der Waals surface area contributed by atoms with Gasteiger partial charge >= 0.3 is 0 Å². The molecule has 0 amide bonds. The van der Waals surface area contributed by atoms with Gasteiger partial charge < -0.3 is 10.0 Å². The molecule has 0 bridgehead atoms. The predicted octanol–water partition coefficient (Wildman–Crippen LogP) is 3.58. The number of likely N-dealkylation sites (tertiary alicyclic amines) is 1. The molecular formula is C17H31NO. The van der Waals surface area contributed by atoms with Crippen molar-refractivity contribution in [2.75, 3.05) is 19.6 Å². The highest BCUT2D eigenvalue weighted by Gasteiger charge is 2.36. The maximum absolute atomic E-state index is 10.1. The molecular weight excluding hydrogens is 234 g/mol. The van der Waals surface area contributed by atoms with Crippen LogP contribution in [0.25, 0.3) is 0 Å². The van der Waals surface area contributed by atoms with Gasteiger partial charge in [0, 0.05) is 6.54 Å². The Kier molecular flexibility index (Phi) is 4.48. The summed E-state index contributed by atoms with van der Waals surface area (Å²) in [7, 11) is 0. The van der Waals surface area contributed by atoms with E-state index >= 15 is 0 Å². The van der Waals surface area contributed by atoms with Gasteiger partial charge in [0.15, 0.2) is 0 Å². The van der Waals surface area contributed by atoms with Crippen molar-refractivity contribution in [1.82, 2.24) is 4.90 Å². The van der Waals surface area contributed by atoms with Crippen LogP contribution < -0.4 is 0 Å². The number of nitrogens with zero attached hydrogens (tertiary/aromatic N) is 1. The van der Waals surface area contributed by atoms with E-state index in [2.05, 4.69) is 4.90 Å². The highest BCUT2D eigenvalue weighted by Crippen LogP contribution is 2.44. The lowest BCUT2D eigenvalue weighted by Gasteiger charge is -2.45. The van der Waals surface area contributed by atoms with E-state index in [9.17, 15) is 5.11 Å². The third-order valence-electron chi connectivity index (χ3n) is 6.19. The minimum atomic E-state index is -0.0145. The Morgan fingerprint density at radius 2 is 1.53 bits per heavy atom. The van der Waals surface area contributed by atoms with E-state index in [1.807, 2.05) is 0 Å². The number of hydrogen-bond acceptors (Lipinski definition) is 2. The van der Waals surface area contributed by atoms with Gasteiger partial charge in [-0.05, 0) is 62.9 Å². The molecule has 0 aromatic rings. The zero-order valence-electron chi connectivity index (χ0n) is 12.4. The van der Waals surface area contributed by atoms with Crippen LogP contribution in [0.15, 0.2) is 0 Å². The van der Waals surface area contributed by atoms with Crippen LogP contribution in [0, 0.1) is 11.3 Å². The molecule has 0 radical (unpaired) electrons. The van der Waals surface area contributed by atoms with Gasteiger partial charge in [0.05, 0.1) is 6.10 Å². The number of hydrogen-bond donors (Lipinski definition) is 1. The average Bonchev–Trinajstić information content (AvgIpc) is 2.45. The molecule has 1 N–H and O–H groups in total. The molecule has 3 rings (SSSR count). The molecule has 1 aliphatic heterocycles. The zero-order chi connectivity index (χ0) is 13.1. The van der Waals surface area contributed by atoms with E-state index in [0.717, 1.165) is 18.4 Å². The standard InChI is InChI=1S/C17H31NO/c19-16-7-3-2-6-15(16)14-18-12-10-17(11-13-18)8-4-1-5-9-17/h15-16,19H,1-14H2. The number of piperidine rings is 1. The summed E-state index contributed by atoms with van der Waals surface area (Å²) in [5.41, 5.74) is 0.722. The van der Waals surface area contributed by atoms with Gasteiger partial charge in [0.25, 0.3) is 0 Å². The first-order valence-corrected chi connectivity index (χ1v) is 8.68. The maximum atomic E-state index is 10.1. The summed E-state index contributed by atoms with van der Waals surface area (Å²) in [6.45, 7) is 3.75. The third kappa shape index (κ3) is 3.33. The lowest BCUT2D eigenvalue weighted by Crippen LogP contribution is -2.45. The minimum Gasteiger partial charge on any atom is -0.393 e. The molecule has 0 aromatic carbocycles. The fourth-order valence-corrected chi connectivity index (χ4v) is 4.74. The average molecular weight is 265 g/mol. The summed E-state index contributed by atoms with van der Waals surface area (Å²) in [6, 6.07) is 0. The van der Waals surface area contributed by atoms with E-state index in [-0.39, 0.29) is 6.10 Å². The molecule has 1 saturated heterocycles. The van der Waals surface area contributed by atoms with Crippen molar-refractivity contribution in [2.45, 2.75) is 76.7 Å². The molecule has 3 aliphatic rings. The van der Waals surface area contributed by atoms with Crippen LogP contribution in [0.5, 0.6) is 0 Å². The summed E-state index contributed by atoms with van der Waals surface area (Å²) in [5.74, 6) is 0.564. The normalized spacial score (nSPS) is 36.5. The van der Waals surface area contributed by atoms with E-state index in [4.69, 9.17) is 0 Å². The molecule has 1 spiro atoms. The highest BCUT2D eigenvalue weighted by molar-refractivity contribution is 4.89. The smallest absolute Gasteiger partial charge is 0.0580 e. The van der Waals surface area contributed by atoms with Crippen molar-refractivity contribution in [3.63, 3.8) is 0 Å². The summed E-state index contributed by atoms with van der Waals surface area (Å²) in [5, 5.41) is 10.1. The Morgan fingerprint density at radius 3 is 2.21 bits per heavy atom. The van der Waals surface area contributed by atoms with Gasteiger partial charge in [-0.3, -0.25) is 0 Å². The van der Waals surface area contributed by atoms with E-state index in [0.29, 0.717) is 5.92 Å². The summed E-state index contributed by atoms with van der Waals surface area (Å²) < 4.78 is 0. The first kappa shape index (κ1) is 13.9. The van der Waals surface area contributed by atoms with Crippen LogP contribution in [0.2, 0.25) is 0 Å². The number of rotatable bonds is 2. The van der Waals surface area contributed by atoms with Crippen LogP contribution in [-0.2, 0) is 0 Å². The second-order valence-corrected chi connectivity index (χ2v) is 7.47. The van der Waals surface area contributed by atoms with E-state index in [1.54, 1.807) is 0 Å². The molecule has 2 unspecified atom stereocenters. The lowest BCUT2D eigenvalue weighted by atomic mass is 9.68. The number of aliphatic hydroxyl groups is 1. The van der Waals surface area contributed by atoms with E-state index < -0.39 is 0 Å². The molecule has 3 fully saturated rings. The monoisotopic (exact) mass is 265 g/mol. The van der Waals surface area contributed by atoms with E-state index in [1.165, 1.54) is 77.3 Å². The summed E-state index contributed by atoms with van der Waals surface area (Å²) in [4.78, 5) is 2.65. The quantitative estimate of drug-likeness (QED) is 0.825. The molecule has 0 aromatic heterocycles.